The van der Waals surface area contributed by atoms with Gasteiger partial charge in [0.25, 0.3) is 0 Å². The molecule has 1 aliphatic carbocycles. The van der Waals surface area contributed by atoms with Gasteiger partial charge in [-0.2, -0.15) is 0 Å². The summed E-state index contributed by atoms with van der Waals surface area (Å²) in [7, 11) is 4.34. The third-order valence-corrected chi connectivity index (χ3v) is 4.86. The molecule has 124 valence electrons. The molecule has 1 heterocycles. The van der Waals surface area contributed by atoms with Crippen molar-refractivity contribution in [2.24, 2.45) is 5.41 Å². The van der Waals surface area contributed by atoms with E-state index in [1.165, 1.54) is 58.3 Å². The highest BCUT2D eigenvalue weighted by atomic mass is 16.5. The molecule has 4 heteroatoms. The van der Waals surface area contributed by atoms with Gasteiger partial charge in [0.15, 0.2) is 0 Å². The van der Waals surface area contributed by atoms with Gasteiger partial charge in [-0.15, -0.1) is 0 Å². The molecular formula is C17H35N3O. The van der Waals surface area contributed by atoms with Crippen molar-refractivity contribution in [3.8, 4) is 0 Å². The lowest BCUT2D eigenvalue weighted by molar-refractivity contribution is -0.00532. The molecule has 0 radical (unpaired) electrons. The van der Waals surface area contributed by atoms with E-state index in [1.54, 1.807) is 0 Å². The summed E-state index contributed by atoms with van der Waals surface area (Å²) in [6.07, 6.45) is 6.44. The second-order valence-electron chi connectivity index (χ2n) is 7.35. The first-order valence-corrected chi connectivity index (χ1v) is 8.82. The van der Waals surface area contributed by atoms with Crippen LogP contribution in [0.5, 0.6) is 0 Å². The Kier molecular flexibility index (Phi) is 6.93. The van der Waals surface area contributed by atoms with Crippen molar-refractivity contribution in [1.29, 1.82) is 0 Å². The zero-order chi connectivity index (χ0) is 15.1. The minimum atomic E-state index is 0.433. The minimum Gasteiger partial charge on any atom is -0.381 e. The molecule has 1 saturated carbocycles. The topological polar surface area (TPSA) is 27.7 Å². The standard InChI is InChI=1S/C17H35N3O/c1-4-9-20(11-10-19(2)3)15-17(7-12-21-13-8-17)14-18-16-5-6-16/h16,18H,4-15H2,1-3H3. The van der Waals surface area contributed by atoms with Gasteiger partial charge in [-0.05, 0) is 58.2 Å². The smallest absolute Gasteiger partial charge is 0.0472 e. The highest BCUT2D eigenvalue weighted by Crippen LogP contribution is 2.32. The predicted octanol–water partition coefficient (Wildman–Crippen LogP) is 1.81. The maximum absolute atomic E-state index is 5.63. The second kappa shape index (κ2) is 8.47. The zero-order valence-corrected chi connectivity index (χ0v) is 14.4. The summed E-state index contributed by atoms with van der Waals surface area (Å²) >= 11 is 0. The minimum absolute atomic E-state index is 0.433. The number of hydrogen-bond donors (Lipinski definition) is 1. The third-order valence-electron chi connectivity index (χ3n) is 4.86. The van der Waals surface area contributed by atoms with Crippen LogP contribution in [0.25, 0.3) is 0 Å². The fourth-order valence-electron chi connectivity index (χ4n) is 3.25. The molecule has 0 atom stereocenters. The number of ether oxygens (including phenoxy) is 1. The van der Waals surface area contributed by atoms with Crippen LogP contribution in [0.3, 0.4) is 0 Å². The Morgan fingerprint density at radius 2 is 1.81 bits per heavy atom. The first-order chi connectivity index (χ1) is 10.1. The van der Waals surface area contributed by atoms with Crippen LogP contribution in [0.4, 0.5) is 0 Å². The van der Waals surface area contributed by atoms with Gasteiger partial charge in [0.1, 0.15) is 0 Å². The second-order valence-corrected chi connectivity index (χ2v) is 7.35. The van der Waals surface area contributed by atoms with Crippen molar-refractivity contribution < 1.29 is 4.74 Å². The van der Waals surface area contributed by atoms with E-state index in [9.17, 15) is 0 Å². The molecule has 21 heavy (non-hydrogen) atoms. The van der Waals surface area contributed by atoms with Crippen LogP contribution in [0.15, 0.2) is 0 Å². The van der Waals surface area contributed by atoms with E-state index >= 15 is 0 Å². The molecule has 2 fully saturated rings. The molecule has 1 N–H and O–H groups in total. The zero-order valence-electron chi connectivity index (χ0n) is 14.4. The quantitative estimate of drug-likeness (QED) is 0.665. The molecule has 0 spiro atoms. The summed E-state index contributed by atoms with van der Waals surface area (Å²) in [6, 6.07) is 0.811. The summed E-state index contributed by atoms with van der Waals surface area (Å²) in [5, 5.41) is 3.79. The molecule has 0 aromatic heterocycles. The van der Waals surface area contributed by atoms with E-state index in [0.717, 1.165) is 25.8 Å². The van der Waals surface area contributed by atoms with Crippen LogP contribution >= 0.6 is 0 Å². The Bertz CT molecular complexity index is 286. The Morgan fingerprint density at radius 3 is 2.38 bits per heavy atom. The van der Waals surface area contributed by atoms with Crippen molar-refractivity contribution in [3.63, 3.8) is 0 Å². The van der Waals surface area contributed by atoms with E-state index in [-0.39, 0.29) is 0 Å². The van der Waals surface area contributed by atoms with Gasteiger partial charge < -0.3 is 19.9 Å². The lowest BCUT2D eigenvalue weighted by Crippen LogP contribution is -2.49. The predicted molar refractivity (Wildman–Crippen MR) is 88.8 cm³/mol. The molecule has 2 rings (SSSR count). The van der Waals surface area contributed by atoms with Crippen molar-refractivity contribution in [2.75, 3.05) is 60.0 Å². The normalized spacial score (nSPS) is 22.1. The monoisotopic (exact) mass is 297 g/mol. The number of rotatable bonds is 10. The van der Waals surface area contributed by atoms with Crippen LogP contribution < -0.4 is 5.32 Å². The van der Waals surface area contributed by atoms with Crippen molar-refractivity contribution >= 4 is 0 Å². The molecule has 1 aliphatic heterocycles. The summed E-state index contributed by atoms with van der Waals surface area (Å²) in [6.45, 7) is 10.2. The third kappa shape index (κ3) is 6.23. The fraction of sp³-hybridized carbons (Fsp3) is 1.00. The lowest BCUT2D eigenvalue weighted by atomic mass is 9.79. The van der Waals surface area contributed by atoms with Crippen LogP contribution in [0.1, 0.15) is 39.0 Å². The van der Waals surface area contributed by atoms with Gasteiger partial charge in [-0.3, -0.25) is 0 Å². The highest BCUT2D eigenvalue weighted by molar-refractivity contribution is 4.91. The largest absolute Gasteiger partial charge is 0.381 e. The molecule has 0 amide bonds. The van der Waals surface area contributed by atoms with E-state index in [4.69, 9.17) is 4.74 Å². The number of hydrogen-bond acceptors (Lipinski definition) is 4. The number of likely N-dealkylation sites (N-methyl/N-ethyl adjacent to an activating group) is 1. The van der Waals surface area contributed by atoms with Gasteiger partial charge in [0.2, 0.25) is 0 Å². The van der Waals surface area contributed by atoms with Gasteiger partial charge in [0.05, 0.1) is 0 Å². The molecule has 2 aliphatic rings. The molecule has 0 aromatic rings. The van der Waals surface area contributed by atoms with Crippen molar-refractivity contribution in [1.82, 2.24) is 15.1 Å². The van der Waals surface area contributed by atoms with Crippen LogP contribution in [-0.2, 0) is 4.74 Å². The summed E-state index contributed by atoms with van der Waals surface area (Å²) in [5.74, 6) is 0. The Morgan fingerprint density at radius 1 is 1.10 bits per heavy atom. The maximum Gasteiger partial charge on any atom is 0.0472 e. The lowest BCUT2D eigenvalue weighted by Gasteiger charge is -2.41. The van der Waals surface area contributed by atoms with Gasteiger partial charge in [-0.1, -0.05) is 6.92 Å². The van der Waals surface area contributed by atoms with Crippen molar-refractivity contribution in [2.45, 2.75) is 45.1 Å². The summed E-state index contributed by atoms with van der Waals surface area (Å²) in [5.41, 5.74) is 0.433. The van der Waals surface area contributed by atoms with E-state index in [0.29, 0.717) is 5.41 Å². The highest BCUT2D eigenvalue weighted by Gasteiger charge is 2.35. The molecule has 1 saturated heterocycles. The van der Waals surface area contributed by atoms with Crippen LogP contribution in [0.2, 0.25) is 0 Å². The fourth-order valence-corrected chi connectivity index (χ4v) is 3.25. The summed E-state index contributed by atoms with van der Waals surface area (Å²) in [4.78, 5) is 4.97. The van der Waals surface area contributed by atoms with Gasteiger partial charge >= 0.3 is 0 Å². The average Bonchev–Trinajstić information content (AvgIpc) is 3.28. The maximum atomic E-state index is 5.63. The molecule has 0 unspecified atom stereocenters. The van der Waals surface area contributed by atoms with E-state index in [2.05, 4.69) is 36.1 Å². The SMILES string of the molecule is CCCN(CCN(C)C)CC1(CNC2CC2)CCOCC1. The molecule has 4 nitrogen and oxygen atoms in total. The number of nitrogens with one attached hydrogen (secondary N) is 1. The van der Waals surface area contributed by atoms with E-state index < -0.39 is 0 Å². The average molecular weight is 297 g/mol. The molecule has 0 bridgehead atoms. The number of nitrogens with zero attached hydrogens (tertiary/aromatic N) is 2. The molecular weight excluding hydrogens is 262 g/mol. The van der Waals surface area contributed by atoms with Crippen LogP contribution in [0, 0.1) is 5.41 Å². The van der Waals surface area contributed by atoms with Gasteiger partial charge in [-0.25, -0.2) is 0 Å². The van der Waals surface area contributed by atoms with Crippen molar-refractivity contribution in [3.05, 3.63) is 0 Å². The van der Waals surface area contributed by atoms with Crippen LogP contribution in [-0.4, -0.2) is 75.9 Å². The first kappa shape index (κ1) is 17.2. The van der Waals surface area contributed by atoms with Gasteiger partial charge in [0, 0.05) is 45.4 Å². The summed E-state index contributed by atoms with van der Waals surface area (Å²) < 4.78 is 5.63. The first-order valence-electron chi connectivity index (χ1n) is 8.82. The van der Waals surface area contributed by atoms with E-state index in [1.807, 2.05) is 0 Å². The molecule has 0 aromatic carbocycles. The Hall–Kier alpha value is -0.160. The Balaban J connectivity index is 1.89. The Labute approximate surface area is 131 Å².